The monoisotopic (exact) mass is 265 g/mol. The van der Waals surface area contributed by atoms with Gasteiger partial charge in [-0.25, -0.2) is 0 Å². The summed E-state index contributed by atoms with van der Waals surface area (Å²) in [5.74, 6) is 0. The van der Waals surface area contributed by atoms with E-state index in [0.29, 0.717) is 12.2 Å². The number of morpholine rings is 1. The smallest absolute Gasteiger partial charge is 0.273 e. The van der Waals surface area contributed by atoms with Crippen molar-refractivity contribution in [2.24, 2.45) is 0 Å². The van der Waals surface area contributed by atoms with Crippen molar-refractivity contribution in [1.29, 1.82) is 0 Å². The standard InChI is InChI=1S/C14H23N3O2/c1-10-6-13(15)14(18)17(7-10)5-4-16-8-11(2)19-12(3)9-16/h6-7,11-12H,4-5,8-9,15H2,1-3H3. The molecule has 0 radical (unpaired) electrons. The van der Waals surface area contributed by atoms with E-state index < -0.39 is 0 Å². The maximum absolute atomic E-state index is 11.9. The van der Waals surface area contributed by atoms with E-state index in [-0.39, 0.29) is 17.8 Å². The van der Waals surface area contributed by atoms with Gasteiger partial charge in [-0.1, -0.05) is 0 Å². The third-order valence-electron chi connectivity index (χ3n) is 3.40. The lowest BCUT2D eigenvalue weighted by molar-refractivity contribution is -0.0686. The second-order valence-electron chi connectivity index (χ2n) is 5.49. The van der Waals surface area contributed by atoms with Gasteiger partial charge in [0.25, 0.3) is 5.56 Å². The molecule has 0 amide bonds. The van der Waals surface area contributed by atoms with Crippen LogP contribution in [-0.2, 0) is 11.3 Å². The molecule has 1 saturated heterocycles. The molecule has 5 nitrogen and oxygen atoms in total. The van der Waals surface area contributed by atoms with E-state index in [1.54, 1.807) is 10.6 Å². The number of rotatable bonds is 3. The minimum Gasteiger partial charge on any atom is -0.394 e. The Balaban J connectivity index is 2.01. The fourth-order valence-electron chi connectivity index (χ4n) is 2.70. The molecule has 0 aromatic carbocycles. The molecule has 0 saturated carbocycles. The summed E-state index contributed by atoms with van der Waals surface area (Å²) in [5.41, 5.74) is 6.95. The molecular formula is C14H23N3O2. The van der Waals surface area contributed by atoms with E-state index in [1.165, 1.54) is 0 Å². The number of aromatic nitrogens is 1. The summed E-state index contributed by atoms with van der Waals surface area (Å²) in [5, 5.41) is 0. The highest BCUT2D eigenvalue weighted by atomic mass is 16.5. The largest absolute Gasteiger partial charge is 0.394 e. The molecule has 5 heteroatoms. The van der Waals surface area contributed by atoms with Crippen LogP contribution in [-0.4, -0.2) is 41.3 Å². The number of aryl methyl sites for hydroxylation is 1. The van der Waals surface area contributed by atoms with E-state index >= 15 is 0 Å². The average molecular weight is 265 g/mol. The fraction of sp³-hybridized carbons (Fsp3) is 0.643. The predicted molar refractivity (Wildman–Crippen MR) is 76.3 cm³/mol. The van der Waals surface area contributed by atoms with Gasteiger partial charge >= 0.3 is 0 Å². The Morgan fingerprint density at radius 3 is 2.58 bits per heavy atom. The zero-order valence-electron chi connectivity index (χ0n) is 11.9. The number of pyridine rings is 1. The summed E-state index contributed by atoms with van der Waals surface area (Å²) in [6.07, 6.45) is 2.37. The first-order valence-corrected chi connectivity index (χ1v) is 6.80. The van der Waals surface area contributed by atoms with E-state index in [9.17, 15) is 4.79 Å². The van der Waals surface area contributed by atoms with Gasteiger partial charge < -0.3 is 15.0 Å². The summed E-state index contributed by atoms with van der Waals surface area (Å²) < 4.78 is 7.40. The molecule has 0 spiro atoms. The number of nitrogens with zero attached hydrogens (tertiary/aromatic N) is 2. The van der Waals surface area contributed by atoms with Crippen LogP contribution in [0.25, 0.3) is 0 Å². The van der Waals surface area contributed by atoms with E-state index in [1.807, 2.05) is 13.1 Å². The maximum Gasteiger partial charge on any atom is 0.273 e. The molecule has 2 atom stereocenters. The lowest BCUT2D eigenvalue weighted by atomic mass is 10.2. The second-order valence-corrected chi connectivity index (χ2v) is 5.49. The summed E-state index contributed by atoms with van der Waals surface area (Å²) in [4.78, 5) is 14.3. The molecule has 1 aromatic heterocycles. The van der Waals surface area contributed by atoms with Crippen LogP contribution in [0.3, 0.4) is 0 Å². The van der Waals surface area contributed by atoms with Crippen LogP contribution in [0, 0.1) is 6.92 Å². The van der Waals surface area contributed by atoms with Gasteiger partial charge in [0.2, 0.25) is 0 Å². The number of ether oxygens (including phenoxy) is 1. The zero-order valence-corrected chi connectivity index (χ0v) is 11.9. The summed E-state index contributed by atoms with van der Waals surface area (Å²) in [7, 11) is 0. The van der Waals surface area contributed by atoms with Gasteiger partial charge in [-0.2, -0.15) is 0 Å². The fourth-order valence-corrected chi connectivity index (χ4v) is 2.70. The minimum atomic E-state index is -0.0973. The van der Waals surface area contributed by atoms with Crippen LogP contribution in [0.5, 0.6) is 0 Å². The first kappa shape index (κ1) is 14.1. The highest BCUT2D eigenvalue weighted by Gasteiger charge is 2.21. The van der Waals surface area contributed by atoms with Crippen molar-refractivity contribution < 1.29 is 4.74 Å². The van der Waals surface area contributed by atoms with Gasteiger partial charge in [0.1, 0.15) is 0 Å². The SMILES string of the molecule is Cc1cc(N)c(=O)n(CCN2CC(C)OC(C)C2)c1. The molecule has 1 aromatic rings. The number of hydrogen-bond acceptors (Lipinski definition) is 4. The average Bonchev–Trinajstić information content (AvgIpc) is 2.30. The van der Waals surface area contributed by atoms with Gasteiger partial charge in [-0.3, -0.25) is 9.69 Å². The molecular weight excluding hydrogens is 242 g/mol. The molecule has 2 unspecified atom stereocenters. The first-order valence-electron chi connectivity index (χ1n) is 6.80. The van der Waals surface area contributed by atoms with Crippen molar-refractivity contribution in [2.75, 3.05) is 25.4 Å². The molecule has 2 heterocycles. The van der Waals surface area contributed by atoms with Gasteiger partial charge in [0.05, 0.1) is 17.9 Å². The summed E-state index contributed by atoms with van der Waals surface area (Å²) in [6, 6.07) is 1.72. The second kappa shape index (κ2) is 5.75. The minimum absolute atomic E-state index is 0.0973. The van der Waals surface area contributed by atoms with Crippen LogP contribution in [0.15, 0.2) is 17.1 Å². The van der Waals surface area contributed by atoms with Crippen molar-refractivity contribution in [3.63, 3.8) is 0 Å². The summed E-state index contributed by atoms with van der Waals surface area (Å²) in [6.45, 7) is 9.47. The molecule has 19 heavy (non-hydrogen) atoms. The Hall–Kier alpha value is -1.33. The molecule has 2 rings (SSSR count). The zero-order chi connectivity index (χ0) is 14.0. The maximum atomic E-state index is 11.9. The Kier molecular flexibility index (Phi) is 4.27. The summed E-state index contributed by atoms with van der Waals surface area (Å²) >= 11 is 0. The van der Waals surface area contributed by atoms with Gasteiger partial charge in [-0.05, 0) is 32.4 Å². The lowest BCUT2D eigenvalue weighted by Gasteiger charge is -2.35. The third-order valence-corrected chi connectivity index (χ3v) is 3.40. The molecule has 106 valence electrons. The highest BCUT2D eigenvalue weighted by molar-refractivity contribution is 5.37. The van der Waals surface area contributed by atoms with Crippen molar-refractivity contribution in [1.82, 2.24) is 9.47 Å². The van der Waals surface area contributed by atoms with Crippen LogP contribution >= 0.6 is 0 Å². The first-order chi connectivity index (χ1) is 8.95. The molecule has 1 fully saturated rings. The Morgan fingerprint density at radius 2 is 1.95 bits per heavy atom. The molecule has 1 aliphatic heterocycles. The Labute approximate surface area is 114 Å². The van der Waals surface area contributed by atoms with E-state index in [0.717, 1.165) is 25.2 Å². The van der Waals surface area contributed by atoms with Gasteiger partial charge in [-0.15, -0.1) is 0 Å². The van der Waals surface area contributed by atoms with Crippen molar-refractivity contribution in [3.05, 3.63) is 28.2 Å². The quantitative estimate of drug-likeness (QED) is 0.880. The molecule has 2 N–H and O–H groups in total. The Morgan fingerprint density at radius 1 is 1.32 bits per heavy atom. The number of nitrogens with two attached hydrogens (primary N) is 1. The highest BCUT2D eigenvalue weighted by Crippen LogP contribution is 2.10. The normalized spacial score (nSPS) is 24.6. The van der Waals surface area contributed by atoms with Crippen LogP contribution in [0.2, 0.25) is 0 Å². The van der Waals surface area contributed by atoms with Gasteiger partial charge in [0.15, 0.2) is 0 Å². The van der Waals surface area contributed by atoms with Crippen LogP contribution in [0.1, 0.15) is 19.4 Å². The number of anilines is 1. The third kappa shape index (κ3) is 3.58. The van der Waals surface area contributed by atoms with Crippen LogP contribution in [0.4, 0.5) is 5.69 Å². The van der Waals surface area contributed by atoms with E-state index in [4.69, 9.17) is 10.5 Å². The van der Waals surface area contributed by atoms with Crippen molar-refractivity contribution in [3.8, 4) is 0 Å². The molecule has 1 aliphatic rings. The lowest BCUT2D eigenvalue weighted by Crippen LogP contribution is -2.46. The topological polar surface area (TPSA) is 60.5 Å². The van der Waals surface area contributed by atoms with Gasteiger partial charge in [0, 0.05) is 32.4 Å². The number of hydrogen-bond donors (Lipinski definition) is 1. The number of nitrogen functional groups attached to an aromatic ring is 1. The van der Waals surface area contributed by atoms with E-state index in [2.05, 4.69) is 18.7 Å². The molecule has 0 aliphatic carbocycles. The molecule has 0 bridgehead atoms. The van der Waals surface area contributed by atoms with Crippen molar-refractivity contribution in [2.45, 2.75) is 39.5 Å². The van der Waals surface area contributed by atoms with Crippen molar-refractivity contribution >= 4 is 5.69 Å². The predicted octanol–water partition coefficient (Wildman–Crippen LogP) is 0.848. The van der Waals surface area contributed by atoms with Crippen LogP contribution < -0.4 is 11.3 Å². The Bertz CT molecular complexity index is 488.